The molecular formula is C15H24N2O3. The van der Waals surface area contributed by atoms with Gasteiger partial charge in [-0.15, -0.1) is 0 Å². The second-order valence-electron chi connectivity index (χ2n) is 5.05. The van der Waals surface area contributed by atoms with Crippen LogP contribution in [0.3, 0.4) is 0 Å². The fourth-order valence-electron chi connectivity index (χ4n) is 2.27. The fourth-order valence-corrected chi connectivity index (χ4v) is 2.27. The van der Waals surface area contributed by atoms with Crippen molar-refractivity contribution in [2.75, 3.05) is 46.5 Å². The summed E-state index contributed by atoms with van der Waals surface area (Å²) < 4.78 is 10.4. The molecule has 0 aromatic heterocycles. The molecule has 0 radical (unpaired) electrons. The molecule has 1 saturated heterocycles. The molecule has 20 heavy (non-hydrogen) atoms. The number of ether oxygens (including phenoxy) is 2. The molecule has 5 nitrogen and oxygen atoms in total. The van der Waals surface area contributed by atoms with Crippen LogP contribution in [-0.4, -0.2) is 62.6 Å². The minimum Gasteiger partial charge on any atom is -0.497 e. The van der Waals surface area contributed by atoms with Crippen molar-refractivity contribution in [2.24, 2.45) is 0 Å². The molecule has 2 N–H and O–H groups in total. The highest BCUT2D eigenvalue weighted by atomic mass is 16.5. The Balaban J connectivity index is 1.63. The molecule has 1 aromatic carbocycles. The van der Waals surface area contributed by atoms with Gasteiger partial charge in [-0.05, 0) is 17.7 Å². The van der Waals surface area contributed by atoms with Gasteiger partial charge in [0.25, 0.3) is 0 Å². The molecule has 1 heterocycles. The third-order valence-electron chi connectivity index (χ3n) is 3.44. The second kappa shape index (κ2) is 8.21. The average molecular weight is 280 g/mol. The number of hydrogen-bond acceptors (Lipinski definition) is 5. The number of aliphatic hydroxyl groups excluding tert-OH is 1. The van der Waals surface area contributed by atoms with E-state index in [9.17, 15) is 5.11 Å². The standard InChI is InChI=1S/C15H24N2O3/c1-19-15-4-2-13(3-5-15)10-16-11-14(18)12-17-6-8-20-9-7-17/h2-5,14,16,18H,6-12H2,1H3. The lowest BCUT2D eigenvalue weighted by atomic mass is 10.2. The molecule has 0 saturated carbocycles. The van der Waals surface area contributed by atoms with Crippen LogP contribution in [-0.2, 0) is 11.3 Å². The minimum atomic E-state index is -0.341. The first-order chi connectivity index (χ1) is 9.78. The van der Waals surface area contributed by atoms with Crippen LogP contribution in [0.25, 0.3) is 0 Å². The van der Waals surface area contributed by atoms with E-state index >= 15 is 0 Å². The van der Waals surface area contributed by atoms with Crippen LogP contribution in [0.1, 0.15) is 5.56 Å². The van der Waals surface area contributed by atoms with Crippen molar-refractivity contribution in [3.63, 3.8) is 0 Å². The molecule has 0 spiro atoms. The molecule has 112 valence electrons. The van der Waals surface area contributed by atoms with Gasteiger partial charge < -0.3 is 19.9 Å². The molecule has 1 atom stereocenters. The summed E-state index contributed by atoms with van der Waals surface area (Å²) in [5.74, 6) is 0.862. The van der Waals surface area contributed by atoms with Crippen molar-refractivity contribution in [1.29, 1.82) is 0 Å². The Hall–Kier alpha value is -1.14. The smallest absolute Gasteiger partial charge is 0.118 e. The first-order valence-electron chi connectivity index (χ1n) is 7.10. The summed E-state index contributed by atoms with van der Waals surface area (Å²) in [6, 6.07) is 7.95. The van der Waals surface area contributed by atoms with Gasteiger partial charge in [-0.25, -0.2) is 0 Å². The van der Waals surface area contributed by atoms with Gasteiger partial charge in [0.05, 0.1) is 26.4 Å². The number of hydrogen-bond donors (Lipinski definition) is 2. The molecule has 1 aliphatic heterocycles. The van der Waals surface area contributed by atoms with Crippen LogP contribution < -0.4 is 10.1 Å². The highest BCUT2D eigenvalue weighted by Gasteiger charge is 2.14. The monoisotopic (exact) mass is 280 g/mol. The third kappa shape index (κ3) is 5.09. The van der Waals surface area contributed by atoms with E-state index in [0.717, 1.165) is 38.6 Å². The molecule has 0 bridgehead atoms. The lowest BCUT2D eigenvalue weighted by molar-refractivity contribution is 0.0149. The van der Waals surface area contributed by atoms with E-state index in [1.54, 1.807) is 7.11 Å². The maximum absolute atomic E-state index is 10.00. The zero-order chi connectivity index (χ0) is 14.2. The first kappa shape index (κ1) is 15.3. The zero-order valence-electron chi connectivity index (χ0n) is 12.0. The van der Waals surface area contributed by atoms with Crippen LogP contribution >= 0.6 is 0 Å². The second-order valence-corrected chi connectivity index (χ2v) is 5.05. The number of methoxy groups -OCH3 is 1. The van der Waals surface area contributed by atoms with Crippen LogP contribution in [0.2, 0.25) is 0 Å². The van der Waals surface area contributed by atoms with Crippen LogP contribution in [0.4, 0.5) is 0 Å². The summed E-state index contributed by atoms with van der Waals surface area (Å²) in [6.07, 6.45) is -0.341. The number of nitrogens with zero attached hydrogens (tertiary/aromatic N) is 1. The van der Waals surface area contributed by atoms with Gasteiger partial charge in [-0.2, -0.15) is 0 Å². The van der Waals surface area contributed by atoms with E-state index in [1.807, 2.05) is 24.3 Å². The lowest BCUT2D eigenvalue weighted by Gasteiger charge is -2.28. The number of β-amino-alcohol motifs (C(OH)–C–C–N with tert-alkyl or cyclic N) is 1. The summed E-state index contributed by atoms with van der Waals surface area (Å²) in [7, 11) is 1.66. The van der Waals surface area contributed by atoms with E-state index in [2.05, 4.69) is 10.2 Å². The fraction of sp³-hybridized carbons (Fsp3) is 0.600. The van der Waals surface area contributed by atoms with Crippen molar-refractivity contribution in [1.82, 2.24) is 10.2 Å². The Kier molecular flexibility index (Phi) is 6.26. The Morgan fingerprint density at radius 3 is 2.65 bits per heavy atom. The number of nitrogens with one attached hydrogen (secondary N) is 1. The van der Waals surface area contributed by atoms with E-state index in [-0.39, 0.29) is 6.10 Å². The molecule has 1 aromatic rings. The summed E-state index contributed by atoms with van der Waals surface area (Å²) in [6.45, 7) is 5.43. The third-order valence-corrected chi connectivity index (χ3v) is 3.44. The minimum absolute atomic E-state index is 0.341. The number of rotatable bonds is 7. The topological polar surface area (TPSA) is 54.0 Å². The van der Waals surface area contributed by atoms with Gasteiger partial charge in [0.2, 0.25) is 0 Å². The largest absolute Gasteiger partial charge is 0.497 e. The molecule has 0 amide bonds. The highest BCUT2D eigenvalue weighted by Crippen LogP contribution is 2.10. The SMILES string of the molecule is COc1ccc(CNCC(O)CN2CCOCC2)cc1. The van der Waals surface area contributed by atoms with Gasteiger partial charge in [0.15, 0.2) is 0 Å². The van der Waals surface area contributed by atoms with Crippen LogP contribution in [0.15, 0.2) is 24.3 Å². The van der Waals surface area contributed by atoms with Crippen LogP contribution in [0, 0.1) is 0 Å². The first-order valence-corrected chi connectivity index (χ1v) is 7.10. The maximum atomic E-state index is 10.00. The molecular weight excluding hydrogens is 256 g/mol. The quantitative estimate of drug-likeness (QED) is 0.761. The van der Waals surface area contributed by atoms with Gasteiger partial charge in [-0.1, -0.05) is 12.1 Å². The van der Waals surface area contributed by atoms with Gasteiger partial charge in [0, 0.05) is 32.7 Å². The molecule has 1 fully saturated rings. The average Bonchev–Trinajstić information content (AvgIpc) is 2.49. The molecule has 2 rings (SSSR count). The van der Waals surface area contributed by atoms with Gasteiger partial charge in [0.1, 0.15) is 5.75 Å². The maximum Gasteiger partial charge on any atom is 0.118 e. The van der Waals surface area contributed by atoms with E-state index in [4.69, 9.17) is 9.47 Å². The zero-order valence-corrected chi connectivity index (χ0v) is 12.0. The number of benzene rings is 1. The van der Waals surface area contributed by atoms with Crippen molar-refractivity contribution in [3.05, 3.63) is 29.8 Å². The Labute approximate surface area is 120 Å². The molecule has 1 unspecified atom stereocenters. The lowest BCUT2D eigenvalue weighted by Crippen LogP contribution is -2.43. The van der Waals surface area contributed by atoms with Crippen molar-refractivity contribution >= 4 is 0 Å². The van der Waals surface area contributed by atoms with E-state index < -0.39 is 0 Å². The Bertz CT molecular complexity index is 377. The van der Waals surface area contributed by atoms with Gasteiger partial charge in [-0.3, -0.25) is 4.90 Å². The normalized spacial score (nSPS) is 17.9. The highest BCUT2D eigenvalue weighted by molar-refractivity contribution is 5.26. The summed E-state index contributed by atoms with van der Waals surface area (Å²) >= 11 is 0. The van der Waals surface area contributed by atoms with Gasteiger partial charge >= 0.3 is 0 Å². The predicted octanol–water partition coefficient (Wildman–Crippen LogP) is 0.478. The van der Waals surface area contributed by atoms with Crippen molar-refractivity contribution < 1.29 is 14.6 Å². The summed E-state index contributed by atoms with van der Waals surface area (Å²) in [5.41, 5.74) is 1.18. The van der Waals surface area contributed by atoms with Crippen LogP contribution in [0.5, 0.6) is 5.75 Å². The molecule has 0 aliphatic carbocycles. The number of aliphatic hydroxyl groups is 1. The Morgan fingerprint density at radius 1 is 1.30 bits per heavy atom. The van der Waals surface area contributed by atoms with Crippen molar-refractivity contribution in [3.8, 4) is 5.75 Å². The summed E-state index contributed by atoms with van der Waals surface area (Å²) in [5, 5.41) is 13.3. The Morgan fingerprint density at radius 2 is 2.00 bits per heavy atom. The predicted molar refractivity (Wildman–Crippen MR) is 78.0 cm³/mol. The van der Waals surface area contributed by atoms with Crippen molar-refractivity contribution in [2.45, 2.75) is 12.6 Å². The molecule has 5 heteroatoms. The van der Waals surface area contributed by atoms with E-state index in [0.29, 0.717) is 13.1 Å². The molecule has 1 aliphatic rings. The summed E-state index contributed by atoms with van der Waals surface area (Å²) in [4.78, 5) is 2.24. The van der Waals surface area contributed by atoms with E-state index in [1.165, 1.54) is 5.56 Å². The number of morpholine rings is 1.